The van der Waals surface area contributed by atoms with Gasteiger partial charge in [-0.1, -0.05) is 0 Å². The van der Waals surface area contributed by atoms with Crippen molar-refractivity contribution in [2.75, 3.05) is 0 Å². The molecule has 2 aromatic carbocycles. The van der Waals surface area contributed by atoms with E-state index < -0.39 is 28.4 Å². The highest BCUT2D eigenvalue weighted by atomic mass is 16.4. The van der Waals surface area contributed by atoms with Gasteiger partial charge in [0.05, 0.1) is 10.8 Å². The quantitative estimate of drug-likeness (QED) is 0.356. The van der Waals surface area contributed by atoms with E-state index in [2.05, 4.69) is 0 Å². The van der Waals surface area contributed by atoms with Gasteiger partial charge in [-0.2, -0.15) is 0 Å². The maximum absolute atomic E-state index is 12.2. The molecule has 6 N–H and O–H groups in total. The second-order valence-electron chi connectivity index (χ2n) is 4.05. The molecule has 0 aliphatic rings. The van der Waals surface area contributed by atoms with E-state index in [4.69, 9.17) is 4.42 Å². The lowest BCUT2D eigenvalue weighted by Crippen LogP contribution is -2.02. The second-order valence-corrected chi connectivity index (χ2v) is 4.05. The van der Waals surface area contributed by atoms with Gasteiger partial charge in [0.1, 0.15) is 0 Å². The van der Waals surface area contributed by atoms with Crippen molar-refractivity contribution in [3.05, 3.63) is 34.5 Å². The predicted molar refractivity (Wildman–Crippen MR) is 70.3 cm³/mol. The standard InChI is InChI=1S/C13H8O6.H2O/c14-7-3-1-5-9(16)6-2-4-8(15)11(18)13(6)19-12(5)10(7)17;/h1-4,14-15,17-18H;1H2. The molecule has 0 spiro atoms. The van der Waals surface area contributed by atoms with Crippen LogP contribution in [0.25, 0.3) is 21.9 Å². The zero-order valence-electron chi connectivity index (χ0n) is 9.91. The zero-order chi connectivity index (χ0) is 13.7. The van der Waals surface area contributed by atoms with Crippen LogP contribution in [-0.4, -0.2) is 25.9 Å². The van der Waals surface area contributed by atoms with E-state index in [0.717, 1.165) is 0 Å². The van der Waals surface area contributed by atoms with Crippen LogP contribution in [0.5, 0.6) is 23.0 Å². The van der Waals surface area contributed by atoms with Gasteiger partial charge < -0.3 is 30.3 Å². The number of aromatic hydroxyl groups is 4. The zero-order valence-corrected chi connectivity index (χ0v) is 9.91. The number of phenolic OH excluding ortho intramolecular Hbond substituents is 4. The molecule has 0 atom stereocenters. The molecular weight excluding hydrogens is 268 g/mol. The summed E-state index contributed by atoms with van der Waals surface area (Å²) in [6, 6.07) is 4.94. The van der Waals surface area contributed by atoms with Crippen molar-refractivity contribution < 1.29 is 30.3 Å². The lowest BCUT2D eigenvalue weighted by molar-refractivity contribution is 0.394. The molecule has 104 valence electrons. The van der Waals surface area contributed by atoms with E-state index in [0.29, 0.717) is 0 Å². The lowest BCUT2D eigenvalue weighted by atomic mass is 10.1. The third kappa shape index (κ3) is 1.61. The fraction of sp³-hybridized carbons (Fsp3) is 0. The molecule has 3 aromatic rings. The van der Waals surface area contributed by atoms with Crippen molar-refractivity contribution in [3.8, 4) is 23.0 Å². The van der Waals surface area contributed by atoms with E-state index in [1.165, 1.54) is 24.3 Å². The average Bonchev–Trinajstić information content (AvgIpc) is 2.39. The van der Waals surface area contributed by atoms with Gasteiger partial charge >= 0.3 is 0 Å². The molecular formula is C13H10O7. The summed E-state index contributed by atoms with van der Waals surface area (Å²) in [4.78, 5) is 12.2. The molecule has 20 heavy (non-hydrogen) atoms. The molecule has 0 unspecified atom stereocenters. The molecule has 0 fully saturated rings. The lowest BCUT2D eigenvalue weighted by Gasteiger charge is -2.06. The maximum Gasteiger partial charge on any atom is 0.201 e. The number of hydrogen-bond acceptors (Lipinski definition) is 6. The number of benzene rings is 2. The van der Waals surface area contributed by atoms with Crippen LogP contribution < -0.4 is 5.43 Å². The van der Waals surface area contributed by atoms with Crippen molar-refractivity contribution in [1.82, 2.24) is 0 Å². The Balaban J connectivity index is 0.00000147. The number of fused-ring (bicyclic) bond motifs is 2. The molecule has 3 rings (SSSR count). The Kier molecular flexibility index (Phi) is 2.92. The summed E-state index contributed by atoms with van der Waals surface area (Å²) in [7, 11) is 0. The molecule has 0 amide bonds. The molecule has 0 saturated heterocycles. The highest BCUT2D eigenvalue weighted by Gasteiger charge is 2.17. The number of rotatable bonds is 0. The van der Waals surface area contributed by atoms with Gasteiger partial charge in [-0.15, -0.1) is 0 Å². The van der Waals surface area contributed by atoms with Crippen molar-refractivity contribution >= 4 is 21.9 Å². The van der Waals surface area contributed by atoms with Crippen LogP contribution in [0.1, 0.15) is 0 Å². The molecule has 0 aliphatic carbocycles. The highest BCUT2D eigenvalue weighted by Crippen LogP contribution is 2.38. The summed E-state index contributed by atoms with van der Waals surface area (Å²) < 4.78 is 5.23. The van der Waals surface area contributed by atoms with Crippen LogP contribution in [0.4, 0.5) is 0 Å². The van der Waals surface area contributed by atoms with E-state index in [9.17, 15) is 25.2 Å². The molecule has 1 heterocycles. The summed E-state index contributed by atoms with van der Waals surface area (Å²) in [5.41, 5.74) is -0.987. The van der Waals surface area contributed by atoms with E-state index in [1.807, 2.05) is 0 Å². The molecule has 0 radical (unpaired) electrons. The van der Waals surface area contributed by atoms with Gasteiger partial charge in [-0.25, -0.2) is 0 Å². The Morgan fingerprint density at radius 3 is 1.55 bits per heavy atom. The van der Waals surface area contributed by atoms with Crippen LogP contribution in [0.15, 0.2) is 33.5 Å². The van der Waals surface area contributed by atoms with Gasteiger partial charge in [-0.05, 0) is 24.3 Å². The minimum absolute atomic E-state index is 0. The summed E-state index contributed by atoms with van der Waals surface area (Å²) in [5.74, 6) is -2.09. The van der Waals surface area contributed by atoms with Crippen molar-refractivity contribution in [1.29, 1.82) is 0 Å². The van der Waals surface area contributed by atoms with Crippen LogP contribution in [-0.2, 0) is 0 Å². The Morgan fingerprint density at radius 1 is 0.750 bits per heavy atom. The first-order valence-corrected chi connectivity index (χ1v) is 5.33. The fourth-order valence-electron chi connectivity index (χ4n) is 1.93. The first kappa shape index (κ1) is 13.5. The number of hydrogen-bond donors (Lipinski definition) is 4. The Labute approximate surface area is 110 Å². The fourth-order valence-corrected chi connectivity index (χ4v) is 1.93. The van der Waals surface area contributed by atoms with Crippen LogP contribution in [0.2, 0.25) is 0 Å². The Hall–Kier alpha value is -2.93. The topological polar surface area (TPSA) is 143 Å². The third-order valence-corrected chi connectivity index (χ3v) is 2.91. The smallest absolute Gasteiger partial charge is 0.201 e. The summed E-state index contributed by atoms with van der Waals surface area (Å²) in [6.07, 6.45) is 0. The van der Waals surface area contributed by atoms with Crippen molar-refractivity contribution in [2.45, 2.75) is 0 Å². The van der Waals surface area contributed by atoms with Crippen LogP contribution in [0.3, 0.4) is 0 Å². The molecule has 7 nitrogen and oxygen atoms in total. The van der Waals surface area contributed by atoms with Gasteiger partial charge in [-0.3, -0.25) is 4.79 Å². The van der Waals surface area contributed by atoms with Gasteiger partial charge in [0, 0.05) is 0 Å². The van der Waals surface area contributed by atoms with E-state index in [1.54, 1.807) is 0 Å². The normalized spacial score (nSPS) is 10.6. The van der Waals surface area contributed by atoms with Crippen LogP contribution >= 0.6 is 0 Å². The Morgan fingerprint density at radius 2 is 1.15 bits per heavy atom. The number of phenols is 4. The first-order chi connectivity index (χ1) is 9.00. The van der Waals surface area contributed by atoms with Crippen molar-refractivity contribution in [3.63, 3.8) is 0 Å². The summed E-state index contributed by atoms with van der Waals surface area (Å²) in [6.45, 7) is 0. The minimum Gasteiger partial charge on any atom is -0.504 e. The molecule has 0 aliphatic heterocycles. The van der Waals surface area contributed by atoms with Gasteiger partial charge in [0.25, 0.3) is 0 Å². The predicted octanol–water partition coefficient (Wildman–Crippen LogP) is 0.944. The summed E-state index contributed by atoms with van der Waals surface area (Å²) >= 11 is 0. The molecule has 0 bridgehead atoms. The average molecular weight is 278 g/mol. The Bertz CT molecular complexity index is 810. The van der Waals surface area contributed by atoms with Gasteiger partial charge in [0.2, 0.25) is 16.9 Å². The first-order valence-electron chi connectivity index (χ1n) is 5.33. The van der Waals surface area contributed by atoms with Gasteiger partial charge in [0.15, 0.2) is 22.7 Å². The van der Waals surface area contributed by atoms with E-state index >= 15 is 0 Å². The van der Waals surface area contributed by atoms with E-state index in [-0.39, 0.29) is 27.4 Å². The maximum atomic E-state index is 12.2. The SMILES string of the molecule is O.O=c1c2ccc(O)c(O)c2oc2c(O)c(O)ccc12. The highest BCUT2D eigenvalue weighted by molar-refractivity contribution is 5.96. The largest absolute Gasteiger partial charge is 0.504 e. The monoisotopic (exact) mass is 278 g/mol. The van der Waals surface area contributed by atoms with Crippen molar-refractivity contribution in [2.24, 2.45) is 0 Å². The van der Waals surface area contributed by atoms with Crippen LogP contribution in [0, 0.1) is 0 Å². The summed E-state index contributed by atoms with van der Waals surface area (Å²) in [5, 5.41) is 38.2. The molecule has 7 heteroatoms. The minimum atomic E-state index is -0.598. The molecule has 1 aromatic heterocycles. The second kappa shape index (κ2) is 4.32. The molecule has 0 saturated carbocycles. The third-order valence-electron chi connectivity index (χ3n) is 2.91.